The first-order valence-electron chi connectivity index (χ1n) is 5.87. The molecule has 0 atom stereocenters. The molecule has 5 heteroatoms. The molecule has 0 aliphatic rings. The molecule has 0 spiro atoms. The number of alkyl halides is 3. The predicted octanol–water partition coefficient (Wildman–Crippen LogP) is 3.60. The third-order valence-electron chi connectivity index (χ3n) is 2.30. The Labute approximate surface area is 105 Å². The number of hydrogen-bond acceptors (Lipinski definition) is 2. The molecule has 102 valence electrons. The minimum atomic E-state index is -4.25. The minimum absolute atomic E-state index is 0.0482. The molecule has 0 unspecified atom stereocenters. The molecule has 0 radical (unpaired) electrons. The zero-order chi connectivity index (χ0) is 13.4. The minimum Gasteiger partial charge on any atom is -0.494 e. The summed E-state index contributed by atoms with van der Waals surface area (Å²) in [4.78, 5) is 0. The molecule has 0 aliphatic carbocycles. The van der Waals surface area contributed by atoms with Gasteiger partial charge in [-0.2, -0.15) is 13.2 Å². The van der Waals surface area contributed by atoms with Crippen LogP contribution in [-0.4, -0.2) is 26.0 Å². The van der Waals surface area contributed by atoms with Gasteiger partial charge in [0.15, 0.2) is 0 Å². The SMILES string of the molecule is CCc1ccc(OCCCOCC(F)(F)F)cc1. The summed E-state index contributed by atoms with van der Waals surface area (Å²) < 4.78 is 45.1. The summed E-state index contributed by atoms with van der Waals surface area (Å²) >= 11 is 0. The fourth-order valence-electron chi connectivity index (χ4n) is 1.36. The van der Waals surface area contributed by atoms with E-state index in [9.17, 15) is 13.2 Å². The first kappa shape index (κ1) is 14.8. The highest BCUT2D eigenvalue weighted by Gasteiger charge is 2.27. The Balaban J connectivity index is 2.10. The van der Waals surface area contributed by atoms with Crippen LogP contribution < -0.4 is 4.74 Å². The summed E-state index contributed by atoms with van der Waals surface area (Å²) in [5.41, 5.74) is 1.22. The lowest BCUT2D eigenvalue weighted by molar-refractivity contribution is -0.174. The number of hydrogen-bond donors (Lipinski definition) is 0. The van der Waals surface area contributed by atoms with Crippen molar-refractivity contribution in [3.8, 4) is 5.75 Å². The average Bonchev–Trinajstić information content (AvgIpc) is 2.33. The normalized spacial score (nSPS) is 11.6. The van der Waals surface area contributed by atoms with Crippen molar-refractivity contribution in [2.24, 2.45) is 0 Å². The van der Waals surface area contributed by atoms with Gasteiger partial charge in [-0.3, -0.25) is 0 Å². The van der Waals surface area contributed by atoms with Crippen LogP contribution in [0, 0.1) is 0 Å². The van der Waals surface area contributed by atoms with Crippen LogP contribution in [0.2, 0.25) is 0 Å². The van der Waals surface area contributed by atoms with Gasteiger partial charge in [-0.05, 0) is 24.1 Å². The van der Waals surface area contributed by atoms with E-state index >= 15 is 0 Å². The van der Waals surface area contributed by atoms with Crippen LogP contribution in [0.1, 0.15) is 18.9 Å². The van der Waals surface area contributed by atoms with Crippen molar-refractivity contribution in [2.75, 3.05) is 19.8 Å². The molecule has 0 saturated carbocycles. The summed E-state index contributed by atoms with van der Waals surface area (Å²) in [6.45, 7) is 1.27. The van der Waals surface area contributed by atoms with Crippen molar-refractivity contribution in [3.63, 3.8) is 0 Å². The molecular formula is C13H17F3O2. The molecule has 18 heavy (non-hydrogen) atoms. The van der Waals surface area contributed by atoms with Crippen LogP contribution in [0.25, 0.3) is 0 Å². The van der Waals surface area contributed by atoms with Crippen molar-refractivity contribution in [1.29, 1.82) is 0 Å². The lowest BCUT2D eigenvalue weighted by Crippen LogP contribution is -2.18. The van der Waals surface area contributed by atoms with Crippen LogP contribution in [0.4, 0.5) is 13.2 Å². The Bertz CT molecular complexity index is 333. The maximum Gasteiger partial charge on any atom is 0.411 e. The van der Waals surface area contributed by atoms with Gasteiger partial charge in [0.25, 0.3) is 0 Å². The fraction of sp³-hybridized carbons (Fsp3) is 0.538. The molecule has 0 aromatic heterocycles. The van der Waals surface area contributed by atoms with Gasteiger partial charge in [-0.25, -0.2) is 0 Å². The first-order chi connectivity index (χ1) is 8.51. The van der Waals surface area contributed by atoms with Crippen molar-refractivity contribution in [3.05, 3.63) is 29.8 Å². The van der Waals surface area contributed by atoms with Gasteiger partial charge < -0.3 is 9.47 Å². The first-order valence-corrected chi connectivity index (χ1v) is 5.87. The summed E-state index contributed by atoms with van der Waals surface area (Å²) in [7, 11) is 0. The largest absolute Gasteiger partial charge is 0.494 e. The van der Waals surface area contributed by atoms with Gasteiger partial charge in [-0.15, -0.1) is 0 Å². The second-order valence-electron chi connectivity index (χ2n) is 3.87. The molecule has 0 amide bonds. The van der Waals surface area contributed by atoms with Crippen LogP contribution in [-0.2, 0) is 11.2 Å². The van der Waals surface area contributed by atoms with Crippen LogP contribution in [0.3, 0.4) is 0 Å². The van der Waals surface area contributed by atoms with Gasteiger partial charge in [0.2, 0.25) is 0 Å². The van der Waals surface area contributed by atoms with Gasteiger partial charge in [0.05, 0.1) is 13.2 Å². The third kappa shape index (κ3) is 6.49. The molecule has 1 aromatic rings. The Morgan fingerprint density at radius 2 is 1.72 bits per heavy atom. The van der Waals surface area contributed by atoms with E-state index in [-0.39, 0.29) is 6.61 Å². The summed E-state index contributed by atoms with van der Waals surface area (Å²) in [6, 6.07) is 7.65. The predicted molar refractivity (Wildman–Crippen MR) is 62.8 cm³/mol. The van der Waals surface area contributed by atoms with E-state index in [0.717, 1.165) is 12.2 Å². The van der Waals surface area contributed by atoms with Crippen molar-refractivity contribution < 1.29 is 22.6 Å². The highest BCUT2D eigenvalue weighted by molar-refractivity contribution is 5.27. The maximum absolute atomic E-state index is 11.7. The molecule has 0 aliphatic heterocycles. The Morgan fingerprint density at radius 3 is 2.28 bits per heavy atom. The Morgan fingerprint density at radius 1 is 1.06 bits per heavy atom. The van der Waals surface area contributed by atoms with E-state index in [1.54, 1.807) is 0 Å². The van der Waals surface area contributed by atoms with E-state index in [4.69, 9.17) is 4.74 Å². The van der Waals surface area contributed by atoms with Gasteiger partial charge in [0.1, 0.15) is 12.4 Å². The molecule has 0 fully saturated rings. The van der Waals surface area contributed by atoms with Crippen molar-refractivity contribution >= 4 is 0 Å². The summed E-state index contributed by atoms with van der Waals surface area (Å²) in [5, 5.41) is 0. The van der Waals surface area contributed by atoms with Crippen molar-refractivity contribution in [1.82, 2.24) is 0 Å². The quantitative estimate of drug-likeness (QED) is 0.699. The molecule has 0 bridgehead atoms. The molecular weight excluding hydrogens is 245 g/mol. The number of benzene rings is 1. The molecule has 0 heterocycles. The Hall–Kier alpha value is -1.23. The average molecular weight is 262 g/mol. The van der Waals surface area contributed by atoms with Gasteiger partial charge in [0, 0.05) is 6.42 Å². The highest BCUT2D eigenvalue weighted by Crippen LogP contribution is 2.15. The number of ether oxygens (including phenoxy) is 2. The van der Waals surface area contributed by atoms with E-state index < -0.39 is 12.8 Å². The topological polar surface area (TPSA) is 18.5 Å². The molecule has 1 rings (SSSR count). The summed E-state index contributed by atoms with van der Waals surface area (Å²) in [6.07, 6.45) is -2.85. The lowest BCUT2D eigenvalue weighted by Gasteiger charge is -2.09. The van der Waals surface area contributed by atoms with Crippen molar-refractivity contribution in [2.45, 2.75) is 25.9 Å². The molecule has 1 aromatic carbocycles. The zero-order valence-electron chi connectivity index (χ0n) is 10.3. The van der Waals surface area contributed by atoms with E-state index in [0.29, 0.717) is 13.0 Å². The highest BCUT2D eigenvalue weighted by atomic mass is 19.4. The van der Waals surface area contributed by atoms with Gasteiger partial charge >= 0.3 is 6.18 Å². The standard InChI is InChI=1S/C13H17F3O2/c1-2-11-4-6-12(7-5-11)18-9-3-8-17-10-13(14,15)16/h4-7H,2-3,8-10H2,1H3. The number of rotatable bonds is 7. The van der Waals surface area contributed by atoms with Crippen LogP contribution >= 0.6 is 0 Å². The third-order valence-corrected chi connectivity index (χ3v) is 2.30. The summed E-state index contributed by atoms with van der Waals surface area (Å²) in [5.74, 6) is 0.725. The molecule has 0 N–H and O–H groups in total. The Kier molecular flexibility index (Phi) is 5.98. The molecule has 2 nitrogen and oxygen atoms in total. The monoisotopic (exact) mass is 262 g/mol. The van der Waals surface area contributed by atoms with E-state index in [2.05, 4.69) is 11.7 Å². The van der Waals surface area contributed by atoms with Gasteiger partial charge in [-0.1, -0.05) is 19.1 Å². The maximum atomic E-state index is 11.7. The van der Waals surface area contributed by atoms with E-state index in [1.807, 2.05) is 24.3 Å². The molecule has 0 saturated heterocycles. The number of halogens is 3. The van der Waals surface area contributed by atoms with Crippen LogP contribution in [0.15, 0.2) is 24.3 Å². The van der Waals surface area contributed by atoms with Crippen LogP contribution in [0.5, 0.6) is 5.75 Å². The smallest absolute Gasteiger partial charge is 0.411 e. The van der Waals surface area contributed by atoms with E-state index in [1.165, 1.54) is 5.56 Å². The fourth-order valence-corrected chi connectivity index (χ4v) is 1.36. The second kappa shape index (κ2) is 7.26. The zero-order valence-corrected chi connectivity index (χ0v) is 10.3. The number of aryl methyl sites for hydroxylation is 1. The lowest BCUT2D eigenvalue weighted by atomic mass is 10.2. The second-order valence-corrected chi connectivity index (χ2v) is 3.87.